The summed E-state index contributed by atoms with van der Waals surface area (Å²) in [6, 6.07) is 12.1. The topological polar surface area (TPSA) is 91.3 Å². The minimum atomic E-state index is -1.02. The summed E-state index contributed by atoms with van der Waals surface area (Å²) in [6.45, 7) is 4.51. The molecule has 8 heteroatoms. The van der Waals surface area contributed by atoms with Crippen molar-refractivity contribution in [2.24, 2.45) is 0 Å². The summed E-state index contributed by atoms with van der Waals surface area (Å²) in [5, 5.41) is 12.9. The van der Waals surface area contributed by atoms with Crippen LogP contribution in [0.4, 0.5) is 15.3 Å². The number of hydrogen-bond acceptors (Lipinski definition) is 4. The molecule has 3 rings (SSSR count). The minimum absolute atomic E-state index is 0.222. The van der Waals surface area contributed by atoms with E-state index in [-0.39, 0.29) is 18.6 Å². The number of benzene rings is 2. The van der Waals surface area contributed by atoms with Crippen LogP contribution in [0.1, 0.15) is 37.4 Å². The van der Waals surface area contributed by atoms with Crippen molar-refractivity contribution >= 4 is 17.8 Å². The number of carbonyl (C=O) groups is 2. The normalized spacial score (nSPS) is 17.5. The molecular weight excluding hydrogens is 398 g/mol. The first-order valence-corrected chi connectivity index (χ1v) is 10.3. The summed E-state index contributed by atoms with van der Waals surface area (Å²) in [7, 11) is 3.06. The van der Waals surface area contributed by atoms with Gasteiger partial charge in [-0.25, -0.2) is 9.59 Å². The van der Waals surface area contributed by atoms with Crippen molar-refractivity contribution in [1.82, 2.24) is 10.2 Å². The molecule has 0 saturated carbocycles. The van der Waals surface area contributed by atoms with Gasteiger partial charge in [-0.2, -0.15) is 0 Å². The fourth-order valence-corrected chi connectivity index (χ4v) is 4.08. The third-order valence-corrected chi connectivity index (χ3v) is 5.52. The molecule has 3 amide bonds. The predicted octanol–water partition coefficient (Wildman–Crippen LogP) is 4.25. The van der Waals surface area contributed by atoms with Crippen LogP contribution in [-0.2, 0) is 6.54 Å². The van der Waals surface area contributed by atoms with Crippen molar-refractivity contribution in [3.8, 4) is 11.5 Å². The van der Waals surface area contributed by atoms with E-state index in [2.05, 4.69) is 5.32 Å². The standard InChI is InChI=1S/C23H29N3O5/c1-5-24-22(27)26-15(2)11-18(17-12-20(30-3)21(31-4)13-19(17)26)25(23(28)29)14-16-9-7-6-8-10-16/h6-10,12-13,15,18H,5,11,14H2,1-4H3,(H,24,27)(H,28,29). The lowest BCUT2D eigenvalue weighted by atomic mass is 9.90. The second-order valence-corrected chi connectivity index (χ2v) is 7.47. The Kier molecular flexibility index (Phi) is 6.89. The molecule has 0 aromatic heterocycles. The van der Waals surface area contributed by atoms with Gasteiger partial charge in [0, 0.05) is 30.8 Å². The Bertz CT molecular complexity index is 934. The van der Waals surface area contributed by atoms with Crippen molar-refractivity contribution in [1.29, 1.82) is 0 Å². The largest absolute Gasteiger partial charge is 0.493 e. The van der Waals surface area contributed by atoms with Gasteiger partial charge in [0.2, 0.25) is 0 Å². The highest BCUT2D eigenvalue weighted by atomic mass is 16.5. The summed E-state index contributed by atoms with van der Waals surface area (Å²) in [6.07, 6.45) is -0.563. The highest BCUT2D eigenvalue weighted by Gasteiger charge is 2.39. The predicted molar refractivity (Wildman–Crippen MR) is 118 cm³/mol. The van der Waals surface area contributed by atoms with Crippen LogP contribution in [0.25, 0.3) is 0 Å². The van der Waals surface area contributed by atoms with Gasteiger partial charge in [0.25, 0.3) is 0 Å². The lowest BCUT2D eigenvalue weighted by molar-refractivity contribution is 0.113. The van der Waals surface area contributed by atoms with Gasteiger partial charge in [0.15, 0.2) is 11.5 Å². The first-order valence-electron chi connectivity index (χ1n) is 10.3. The Hall–Kier alpha value is -3.42. The van der Waals surface area contributed by atoms with Crippen LogP contribution < -0.4 is 19.7 Å². The molecule has 0 aliphatic carbocycles. The number of urea groups is 1. The molecule has 2 aromatic carbocycles. The summed E-state index contributed by atoms with van der Waals surface area (Å²) < 4.78 is 10.9. The van der Waals surface area contributed by atoms with Gasteiger partial charge in [-0.15, -0.1) is 0 Å². The second-order valence-electron chi connectivity index (χ2n) is 7.47. The molecule has 1 heterocycles. The zero-order valence-corrected chi connectivity index (χ0v) is 18.3. The summed E-state index contributed by atoms with van der Waals surface area (Å²) in [5.41, 5.74) is 2.22. The first-order chi connectivity index (χ1) is 14.9. The van der Waals surface area contributed by atoms with Crippen molar-refractivity contribution in [2.75, 3.05) is 25.7 Å². The molecule has 2 N–H and O–H groups in total. The van der Waals surface area contributed by atoms with E-state index in [4.69, 9.17) is 9.47 Å². The van der Waals surface area contributed by atoms with Gasteiger partial charge in [-0.3, -0.25) is 9.80 Å². The van der Waals surface area contributed by atoms with Crippen LogP contribution in [0, 0.1) is 0 Å². The molecule has 31 heavy (non-hydrogen) atoms. The molecule has 166 valence electrons. The molecular formula is C23H29N3O5. The second kappa shape index (κ2) is 9.59. The number of nitrogens with one attached hydrogen (secondary N) is 1. The maximum absolute atomic E-state index is 12.8. The molecule has 2 aromatic rings. The first kappa shape index (κ1) is 22.3. The van der Waals surface area contributed by atoms with Crippen LogP contribution in [-0.4, -0.2) is 48.9 Å². The number of hydrogen-bond donors (Lipinski definition) is 2. The summed E-state index contributed by atoms with van der Waals surface area (Å²) in [4.78, 5) is 28.2. The van der Waals surface area contributed by atoms with E-state index in [1.807, 2.05) is 44.2 Å². The third kappa shape index (κ3) is 4.52. The highest BCUT2D eigenvalue weighted by molar-refractivity contribution is 5.95. The van der Waals surface area contributed by atoms with Gasteiger partial charge >= 0.3 is 12.1 Å². The number of rotatable bonds is 6. The number of ether oxygens (including phenoxy) is 2. The van der Waals surface area contributed by atoms with E-state index in [0.29, 0.717) is 35.7 Å². The molecule has 0 radical (unpaired) electrons. The Morgan fingerprint density at radius 1 is 1.16 bits per heavy atom. The number of methoxy groups -OCH3 is 2. The van der Waals surface area contributed by atoms with E-state index in [9.17, 15) is 14.7 Å². The van der Waals surface area contributed by atoms with Gasteiger partial charge in [0.05, 0.1) is 25.9 Å². The van der Waals surface area contributed by atoms with Crippen LogP contribution >= 0.6 is 0 Å². The number of fused-ring (bicyclic) bond motifs is 1. The molecule has 2 atom stereocenters. The van der Waals surface area contributed by atoms with Gasteiger partial charge in [-0.1, -0.05) is 30.3 Å². The molecule has 0 spiro atoms. The van der Waals surface area contributed by atoms with E-state index in [1.54, 1.807) is 17.0 Å². The van der Waals surface area contributed by atoms with Crippen LogP contribution in [0.15, 0.2) is 42.5 Å². The van der Waals surface area contributed by atoms with E-state index >= 15 is 0 Å². The Morgan fingerprint density at radius 2 is 1.81 bits per heavy atom. The minimum Gasteiger partial charge on any atom is -0.493 e. The number of amides is 3. The number of anilines is 1. The average molecular weight is 428 g/mol. The van der Waals surface area contributed by atoms with Crippen molar-refractivity contribution in [2.45, 2.75) is 38.9 Å². The number of nitrogens with zero attached hydrogens (tertiary/aromatic N) is 2. The fraction of sp³-hybridized carbons (Fsp3) is 0.391. The molecule has 0 bridgehead atoms. The number of carbonyl (C=O) groups excluding carboxylic acids is 1. The Balaban J connectivity index is 2.12. The van der Waals surface area contributed by atoms with E-state index < -0.39 is 12.1 Å². The van der Waals surface area contributed by atoms with Crippen LogP contribution in [0.2, 0.25) is 0 Å². The summed E-state index contributed by atoms with van der Waals surface area (Å²) in [5.74, 6) is 0.968. The third-order valence-electron chi connectivity index (χ3n) is 5.52. The molecule has 1 aliphatic rings. The van der Waals surface area contributed by atoms with Crippen molar-refractivity contribution in [3.05, 3.63) is 53.6 Å². The molecule has 0 saturated heterocycles. The van der Waals surface area contributed by atoms with Crippen molar-refractivity contribution < 1.29 is 24.2 Å². The maximum Gasteiger partial charge on any atom is 0.408 e. The van der Waals surface area contributed by atoms with Crippen molar-refractivity contribution in [3.63, 3.8) is 0 Å². The van der Waals surface area contributed by atoms with Crippen LogP contribution in [0.3, 0.4) is 0 Å². The molecule has 8 nitrogen and oxygen atoms in total. The highest BCUT2D eigenvalue weighted by Crippen LogP contribution is 2.46. The van der Waals surface area contributed by atoms with Gasteiger partial charge < -0.3 is 19.9 Å². The quantitative estimate of drug-likeness (QED) is 0.719. The SMILES string of the molecule is CCNC(=O)N1c2cc(OC)c(OC)cc2C(N(Cc2ccccc2)C(=O)O)CC1C. The summed E-state index contributed by atoms with van der Waals surface area (Å²) >= 11 is 0. The van der Waals surface area contributed by atoms with E-state index in [1.165, 1.54) is 19.1 Å². The molecule has 2 unspecified atom stereocenters. The lowest BCUT2D eigenvalue weighted by Gasteiger charge is -2.42. The fourth-order valence-electron chi connectivity index (χ4n) is 4.08. The Morgan fingerprint density at radius 3 is 2.39 bits per heavy atom. The molecule has 0 fully saturated rings. The van der Waals surface area contributed by atoms with E-state index in [0.717, 1.165) is 5.56 Å². The smallest absolute Gasteiger partial charge is 0.408 e. The monoisotopic (exact) mass is 427 g/mol. The maximum atomic E-state index is 12.8. The van der Waals surface area contributed by atoms with Gasteiger partial charge in [-0.05, 0) is 31.9 Å². The lowest BCUT2D eigenvalue weighted by Crippen LogP contribution is -2.50. The zero-order valence-electron chi connectivity index (χ0n) is 18.3. The number of carboxylic acid groups (broad SMARTS) is 1. The average Bonchev–Trinajstić information content (AvgIpc) is 2.76. The zero-order chi connectivity index (χ0) is 22.5. The van der Waals surface area contributed by atoms with Crippen LogP contribution in [0.5, 0.6) is 11.5 Å². The molecule has 1 aliphatic heterocycles. The van der Waals surface area contributed by atoms with Gasteiger partial charge in [0.1, 0.15) is 0 Å². The Labute approximate surface area is 182 Å².